The summed E-state index contributed by atoms with van der Waals surface area (Å²) in [6.45, 7) is 4.37. The maximum Gasteiger partial charge on any atom is 0.254 e. The SMILES string of the molecule is CCNc1nccc(C(=O)NC(CC)c2cccs2)c1F. The first kappa shape index (κ1) is 15.4. The second-order valence-corrected chi connectivity index (χ2v) is 5.48. The number of anilines is 1. The minimum absolute atomic E-state index is 0.0101. The number of halogens is 1. The Morgan fingerprint density at radius 2 is 2.24 bits per heavy atom. The number of rotatable bonds is 6. The van der Waals surface area contributed by atoms with Gasteiger partial charge in [-0.3, -0.25) is 4.79 Å². The van der Waals surface area contributed by atoms with Crippen LogP contribution < -0.4 is 10.6 Å². The Kier molecular flexibility index (Phi) is 5.27. The van der Waals surface area contributed by atoms with Crippen LogP contribution in [0.3, 0.4) is 0 Å². The summed E-state index contributed by atoms with van der Waals surface area (Å²) in [5.74, 6) is -0.929. The van der Waals surface area contributed by atoms with Gasteiger partial charge in [0.1, 0.15) is 0 Å². The van der Waals surface area contributed by atoms with Gasteiger partial charge in [0.25, 0.3) is 5.91 Å². The van der Waals surface area contributed by atoms with Crippen LogP contribution in [0.4, 0.5) is 10.2 Å². The lowest BCUT2D eigenvalue weighted by atomic mass is 10.1. The second kappa shape index (κ2) is 7.17. The number of nitrogens with zero attached hydrogens (tertiary/aromatic N) is 1. The lowest BCUT2D eigenvalue weighted by Gasteiger charge is -2.16. The molecule has 6 heteroatoms. The molecule has 2 aromatic heterocycles. The van der Waals surface area contributed by atoms with Gasteiger partial charge < -0.3 is 10.6 Å². The molecule has 0 aliphatic carbocycles. The molecule has 112 valence electrons. The Morgan fingerprint density at radius 1 is 1.43 bits per heavy atom. The van der Waals surface area contributed by atoms with Gasteiger partial charge in [-0.2, -0.15) is 0 Å². The fourth-order valence-electron chi connectivity index (χ4n) is 2.01. The molecule has 4 nitrogen and oxygen atoms in total. The van der Waals surface area contributed by atoms with E-state index < -0.39 is 11.7 Å². The first-order chi connectivity index (χ1) is 10.2. The summed E-state index contributed by atoms with van der Waals surface area (Å²) in [5.41, 5.74) is 0.0101. The molecule has 0 fully saturated rings. The topological polar surface area (TPSA) is 54.0 Å². The molecule has 0 aromatic carbocycles. The van der Waals surface area contributed by atoms with E-state index in [2.05, 4.69) is 15.6 Å². The van der Waals surface area contributed by atoms with Gasteiger partial charge in [0.05, 0.1) is 11.6 Å². The quantitative estimate of drug-likeness (QED) is 0.857. The van der Waals surface area contributed by atoms with Crippen molar-refractivity contribution in [1.82, 2.24) is 10.3 Å². The zero-order valence-corrected chi connectivity index (χ0v) is 12.8. The van der Waals surface area contributed by atoms with Gasteiger partial charge in [-0.05, 0) is 30.9 Å². The highest BCUT2D eigenvalue weighted by molar-refractivity contribution is 7.10. The van der Waals surface area contributed by atoms with E-state index in [1.165, 1.54) is 12.3 Å². The summed E-state index contributed by atoms with van der Waals surface area (Å²) in [6.07, 6.45) is 2.18. The van der Waals surface area contributed by atoms with Gasteiger partial charge in [0.2, 0.25) is 0 Å². The van der Waals surface area contributed by atoms with Gasteiger partial charge in [-0.1, -0.05) is 13.0 Å². The number of nitrogens with one attached hydrogen (secondary N) is 2. The molecular formula is C15H18FN3OS. The summed E-state index contributed by atoms with van der Waals surface area (Å²) in [5, 5.41) is 7.63. The van der Waals surface area contributed by atoms with E-state index >= 15 is 0 Å². The molecule has 0 bridgehead atoms. The molecule has 0 aliphatic rings. The van der Waals surface area contributed by atoms with Gasteiger partial charge in [0, 0.05) is 17.6 Å². The Balaban J connectivity index is 2.18. The molecule has 1 atom stereocenters. The van der Waals surface area contributed by atoms with Crippen molar-refractivity contribution >= 4 is 23.1 Å². The van der Waals surface area contributed by atoms with E-state index in [9.17, 15) is 9.18 Å². The van der Waals surface area contributed by atoms with Crippen molar-refractivity contribution in [3.8, 4) is 0 Å². The van der Waals surface area contributed by atoms with Gasteiger partial charge in [-0.15, -0.1) is 11.3 Å². The molecule has 0 spiro atoms. The van der Waals surface area contributed by atoms with E-state index in [0.717, 1.165) is 11.3 Å². The molecule has 1 amide bonds. The van der Waals surface area contributed by atoms with E-state index in [0.29, 0.717) is 6.54 Å². The first-order valence-corrected chi connectivity index (χ1v) is 7.78. The van der Waals surface area contributed by atoms with Gasteiger partial charge >= 0.3 is 0 Å². The smallest absolute Gasteiger partial charge is 0.254 e. The van der Waals surface area contributed by atoms with Crippen molar-refractivity contribution in [3.63, 3.8) is 0 Å². The van der Waals surface area contributed by atoms with Gasteiger partial charge in [-0.25, -0.2) is 9.37 Å². The highest BCUT2D eigenvalue weighted by atomic mass is 32.1. The molecule has 0 saturated carbocycles. The minimum atomic E-state index is -0.613. The lowest BCUT2D eigenvalue weighted by Crippen LogP contribution is -2.28. The Labute approximate surface area is 127 Å². The van der Waals surface area contributed by atoms with Crippen molar-refractivity contribution in [3.05, 3.63) is 46.0 Å². The number of thiophene rings is 1. The number of aromatic nitrogens is 1. The Morgan fingerprint density at radius 3 is 2.86 bits per heavy atom. The average Bonchev–Trinajstić information content (AvgIpc) is 3.01. The fraction of sp³-hybridized carbons (Fsp3) is 0.333. The molecule has 2 aromatic rings. The van der Waals surface area contributed by atoms with Crippen molar-refractivity contribution in [2.45, 2.75) is 26.3 Å². The molecule has 2 N–H and O–H groups in total. The van der Waals surface area contributed by atoms with Crippen LogP contribution >= 0.6 is 11.3 Å². The maximum absolute atomic E-state index is 14.2. The zero-order valence-electron chi connectivity index (χ0n) is 12.0. The predicted molar refractivity (Wildman–Crippen MR) is 83.2 cm³/mol. The summed E-state index contributed by atoms with van der Waals surface area (Å²) in [7, 11) is 0. The first-order valence-electron chi connectivity index (χ1n) is 6.90. The normalized spacial score (nSPS) is 12.0. The number of carbonyl (C=O) groups is 1. The summed E-state index contributed by atoms with van der Waals surface area (Å²) in [4.78, 5) is 17.2. The summed E-state index contributed by atoms with van der Waals surface area (Å²) < 4.78 is 14.2. The molecule has 21 heavy (non-hydrogen) atoms. The highest BCUT2D eigenvalue weighted by Crippen LogP contribution is 2.23. The van der Waals surface area contributed by atoms with Crippen LogP contribution in [-0.4, -0.2) is 17.4 Å². The fourth-order valence-corrected chi connectivity index (χ4v) is 2.87. The molecular weight excluding hydrogens is 289 g/mol. The molecule has 2 rings (SSSR count). The van der Waals surface area contributed by atoms with Crippen molar-refractivity contribution in [2.75, 3.05) is 11.9 Å². The standard InChI is InChI=1S/C15H18FN3OS/c1-3-11(12-6-5-9-21-12)19-15(20)10-7-8-18-14(13(10)16)17-4-2/h5-9,11H,3-4H2,1-2H3,(H,17,18)(H,19,20). The number of pyridine rings is 1. The van der Waals surface area contributed by atoms with Crippen molar-refractivity contribution in [2.24, 2.45) is 0 Å². The van der Waals surface area contributed by atoms with Crippen LogP contribution in [0.25, 0.3) is 0 Å². The number of hydrogen-bond acceptors (Lipinski definition) is 4. The number of hydrogen-bond donors (Lipinski definition) is 2. The third-order valence-corrected chi connectivity index (χ3v) is 4.06. The van der Waals surface area contributed by atoms with E-state index in [4.69, 9.17) is 0 Å². The number of amides is 1. The van der Waals surface area contributed by atoms with Crippen LogP contribution in [-0.2, 0) is 0 Å². The van der Waals surface area contributed by atoms with Crippen molar-refractivity contribution in [1.29, 1.82) is 0 Å². The molecule has 0 aliphatic heterocycles. The highest BCUT2D eigenvalue weighted by Gasteiger charge is 2.19. The monoisotopic (exact) mass is 307 g/mol. The van der Waals surface area contributed by atoms with E-state index in [1.54, 1.807) is 11.3 Å². The molecule has 0 radical (unpaired) electrons. The van der Waals surface area contributed by atoms with Gasteiger partial charge in [0.15, 0.2) is 11.6 Å². The zero-order chi connectivity index (χ0) is 15.2. The lowest BCUT2D eigenvalue weighted by molar-refractivity contribution is 0.0932. The second-order valence-electron chi connectivity index (χ2n) is 4.50. The molecule has 1 unspecified atom stereocenters. The third kappa shape index (κ3) is 3.58. The predicted octanol–water partition coefficient (Wildman–Crippen LogP) is 3.60. The number of carbonyl (C=O) groups excluding carboxylic acids is 1. The van der Waals surface area contributed by atoms with E-state index in [-0.39, 0.29) is 17.4 Å². The minimum Gasteiger partial charge on any atom is -0.368 e. The van der Waals surface area contributed by atoms with Crippen LogP contribution in [0.1, 0.15) is 41.5 Å². The van der Waals surface area contributed by atoms with Crippen LogP contribution in [0.2, 0.25) is 0 Å². The summed E-state index contributed by atoms with van der Waals surface area (Å²) >= 11 is 1.58. The Hall–Kier alpha value is -1.95. The maximum atomic E-state index is 14.2. The van der Waals surface area contributed by atoms with E-state index in [1.807, 2.05) is 31.4 Å². The van der Waals surface area contributed by atoms with Crippen LogP contribution in [0.15, 0.2) is 29.8 Å². The summed E-state index contributed by atoms with van der Waals surface area (Å²) in [6, 6.07) is 5.19. The third-order valence-electron chi connectivity index (χ3n) is 3.08. The van der Waals surface area contributed by atoms with Crippen molar-refractivity contribution < 1.29 is 9.18 Å². The van der Waals surface area contributed by atoms with Crippen LogP contribution in [0.5, 0.6) is 0 Å². The average molecular weight is 307 g/mol. The largest absolute Gasteiger partial charge is 0.368 e. The molecule has 0 saturated heterocycles. The van der Waals surface area contributed by atoms with Crippen LogP contribution in [0, 0.1) is 5.82 Å². The Bertz CT molecular complexity index is 601. The molecule has 2 heterocycles.